The number of hydrogen-bond donors (Lipinski definition) is 0. The average molecular weight is 663 g/mol. The molecule has 0 amide bonds. The highest BCUT2D eigenvalue weighted by Gasteiger charge is 2.17. The Morgan fingerprint density at radius 1 is 0.440 bits per heavy atom. The molecule has 3 aromatic heterocycles. The maximum Gasteiger partial charge on any atom is 0.164 e. The van der Waals surface area contributed by atoms with Gasteiger partial charge in [0.25, 0.3) is 0 Å². The summed E-state index contributed by atoms with van der Waals surface area (Å²) in [6.07, 6.45) is 0. The van der Waals surface area contributed by atoms with Gasteiger partial charge in [-0.2, -0.15) is 0 Å². The van der Waals surface area contributed by atoms with Crippen molar-refractivity contribution < 1.29 is 11.3 Å². The Kier molecular flexibility index (Phi) is 5.54. The predicted molar refractivity (Wildman–Crippen MR) is 207 cm³/mol. The molecule has 0 unspecified atom stereocenters. The lowest BCUT2D eigenvalue weighted by Gasteiger charge is -2.10. The van der Waals surface area contributed by atoms with Gasteiger partial charge in [0.2, 0.25) is 0 Å². The Balaban J connectivity index is 1.14. The molecule has 3 heterocycles. The van der Waals surface area contributed by atoms with E-state index in [-0.39, 0.29) is 29.3 Å². The van der Waals surface area contributed by atoms with Crippen LogP contribution in [-0.4, -0.2) is 15.0 Å². The molecule has 0 aliphatic heterocycles. The van der Waals surface area contributed by atoms with Crippen LogP contribution < -0.4 is 0 Å². The topological polar surface area (TPSA) is 51.8 Å². The summed E-state index contributed by atoms with van der Waals surface area (Å²) in [5.74, 6) is 0.579. The van der Waals surface area contributed by atoms with Crippen molar-refractivity contribution in [1.29, 1.82) is 0 Å². The third-order valence-electron chi connectivity index (χ3n) is 9.02. The van der Waals surface area contributed by atoms with E-state index in [1.54, 1.807) is 11.3 Å². The molecule has 0 aliphatic carbocycles. The van der Waals surface area contributed by atoms with Gasteiger partial charge in [0.05, 0.1) is 6.85 Å². The van der Waals surface area contributed by atoms with Gasteiger partial charge in [-0.1, -0.05) is 121 Å². The Labute approximate surface area is 299 Å². The summed E-state index contributed by atoms with van der Waals surface area (Å²) in [4.78, 5) is 14.1. The molecule has 50 heavy (non-hydrogen) atoms. The molecule has 234 valence electrons. The Hall–Kier alpha value is -6.43. The summed E-state index contributed by atoms with van der Waals surface area (Å²) in [6, 6.07) is 42.9. The first-order valence-electron chi connectivity index (χ1n) is 18.7. The molecule has 0 atom stereocenters. The molecule has 0 N–H and O–H groups in total. The lowest BCUT2D eigenvalue weighted by atomic mass is 9.94. The van der Waals surface area contributed by atoms with Gasteiger partial charge in [-0.05, 0) is 64.7 Å². The van der Waals surface area contributed by atoms with Gasteiger partial charge in [-0.25, -0.2) is 15.0 Å². The molecule has 0 saturated carbocycles. The van der Waals surface area contributed by atoms with Crippen molar-refractivity contribution in [3.63, 3.8) is 0 Å². The zero-order valence-electron chi connectivity index (χ0n) is 31.4. The number of rotatable bonds is 5. The van der Waals surface area contributed by atoms with E-state index in [0.29, 0.717) is 22.5 Å². The van der Waals surface area contributed by atoms with Crippen LogP contribution in [0.5, 0.6) is 0 Å². The van der Waals surface area contributed by atoms with E-state index in [9.17, 15) is 0 Å². The number of thiophene rings is 1. The van der Waals surface area contributed by atoms with E-state index in [2.05, 4.69) is 77.8 Å². The third kappa shape index (κ3) is 4.87. The summed E-state index contributed by atoms with van der Waals surface area (Å²) >= 11 is 1.81. The van der Waals surface area contributed by atoms with Crippen molar-refractivity contribution in [2.75, 3.05) is 0 Å². The second kappa shape index (κ2) is 11.6. The summed E-state index contributed by atoms with van der Waals surface area (Å²) in [5, 5.41) is 4.36. The van der Waals surface area contributed by atoms with Crippen LogP contribution in [0.1, 0.15) is 6.85 Å². The summed E-state index contributed by atoms with van der Waals surface area (Å²) in [5.41, 5.74) is 7.16. The molecule has 4 nitrogen and oxygen atoms in total. The van der Waals surface area contributed by atoms with Gasteiger partial charge >= 0.3 is 0 Å². The van der Waals surface area contributed by atoms with Crippen LogP contribution in [0.4, 0.5) is 0 Å². The zero-order chi connectivity index (χ0) is 37.4. The molecule has 0 spiro atoms. The van der Waals surface area contributed by atoms with Gasteiger partial charge in [0, 0.05) is 47.6 Å². The summed E-state index contributed by atoms with van der Waals surface area (Å²) < 4.78 is 50.8. The van der Waals surface area contributed by atoms with Crippen molar-refractivity contribution in [3.05, 3.63) is 164 Å². The highest BCUT2D eigenvalue weighted by atomic mass is 32.1. The van der Waals surface area contributed by atoms with E-state index >= 15 is 0 Å². The van der Waals surface area contributed by atoms with Crippen molar-refractivity contribution in [2.45, 2.75) is 0 Å². The highest BCUT2D eigenvalue weighted by Crippen LogP contribution is 2.44. The molecular formula is C45H27N3OS. The molecule has 0 aliphatic rings. The predicted octanol–water partition coefficient (Wildman–Crippen LogP) is 12.5. The summed E-state index contributed by atoms with van der Waals surface area (Å²) in [7, 11) is 0. The first kappa shape index (κ1) is 23.8. The van der Waals surface area contributed by atoms with Crippen LogP contribution in [0.3, 0.4) is 0 Å². The molecule has 10 rings (SSSR count). The molecule has 0 fully saturated rings. The highest BCUT2D eigenvalue weighted by molar-refractivity contribution is 7.26. The minimum absolute atomic E-state index is 0.0137. The molecule has 5 heteroatoms. The van der Waals surface area contributed by atoms with Crippen molar-refractivity contribution in [2.24, 2.45) is 0 Å². The second-order valence-electron chi connectivity index (χ2n) is 12.1. The van der Waals surface area contributed by atoms with E-state index in [0.717, 1.165) is 38.6 Å². The minimum atomic E-state index is -0.480. The molecular weight excluding hydrogens is 631 g/mol. The summed E-state index contributed by atoms with van der Waals surface area (Å²) in [6.45, 7) is 0. The maximum atomic E-state index is 8.62. The van der Waals surface area contributed by atoms with Gasteiger partial charge in [0.1, 0.15) is 11.2 Å². The molecule has 0 saturated heterocycles. The third-order valence-corrected chi connectivity index (χ3v) is 10.1. The van der Waals surface area contributed by atoms with Gasteiger partial charge in [0.15, 0.2) is 17.5 Å². The van der Waals surface area contributed by atoms with Gasteiger partial charge in [-0.15, -0.1) is 11.3 Å². The lowest BCUT2D eigenvalue weighted by molar-refractivity contribution is 0.669. The smallest absolute Gasteiger partial charge is 0.164 e. The van der Waals surface area contributed by atoms with Crippen molar-refractivity contribution >= 4 is 53.4 Å². The number of aromatic nitrogens is 3. The van der Waals surface area contributed by atoms with E-state index < -0.39 is 18.1 Å². The van der Waals surface area contributed by atoms with Crippen molar-refractivity contribution in [1.82, 2.24) is 15.0 Å². The molecule has 10 aromatic rings. The number of furan rings is 1. The molecule has 0 bridgehead atoms. The number of benzene rings is 7. The Bertz CT molecular complexity index is 3130. The van der Waals surface area contributed by atoms with Crippen LogP contribution in [0.25, 0.3) is 98.5 Å². The van der Waals surface area contributed by atoms with E-state index in [1.165, 1.54) is 20.2 Å². The Morgan fingerprint density at radius 3 is 1.92 bits per heavy atom. The Morgan fingerprint density at radius 2 is 1.12 bits per heavy atom. The van der Waals surface area contributed by atoms with Crippen LogP contribution in [0, 0.1) is 0 Å². The van der Waals surface area contributed by atoms with Crippen LogP contribution >= 0.6 is 11.3 Å². The normalized spacial score (nSPS) is 13.0. The monoisotopic (exact) mass is 662 g/mol. The lowest BCUT2D eigenvalue weighted by Crippen LogP contribution is -2.00. The quantitative estimate of drug-likeness (QED) is 0.184. The number of fused-ring (bicyclic) bond motifs is 6. The minimum Gasteiger partial charge on any atom is -0.456 e. The molecule has 0 radical (unpaired) electrons. The van der Waals surface area contributed by atoms with Crippen LogP contribution in [-0.2, 0) is 0 Å². The van der Waals surface area contributed by atoms with Crippen LogP contribution in [0.15, 0.2) is 168 Å². The standard InChI is InChI=1S/C45H27N3OS/c1-4-12-28(13-5-1)33-25-36(42-35-18-10-11-19-40(35)50-41(42)27-33)31-21-23-38-37(24-31)34-22-20-32(26-39(34)49-38)45-47-43(29-14-6-2-7-15-29)46-44(48-45)30-16-8-3-9-17-30/h1-27H/i2D,6D,7D,14D,15D. The van der Waals surface area contributed by atoms with Gasteiger partial charge < -0.3 is 4.42 Å². The number of nitrogens with zero attached hydrogens (tertiary/aromatic N) is 3. The first-order chi connectivity index (χ1) is 26.8. The SMILES string of the molecule is [2H]c1c([2H])c([2H])c(-c2nc(-c3ccccc3)nc(-c3ccc4c(c3)oc3ccc(-c5cc(-c6ccccc6)cc6sc7ccccc7c56)cc34)n2)c([2H])c1[2H]. The number of hydrogen-bond acceptors (Lipinski definition) is 5. The largest absolute Gasteiger partial charge is 0.456 e. The van der Waals surface area contributed by atoms with Gasteiger partial charge in [-0.3, -0.25) is 0 Å². The van der Waals surface area contributed by atoms with E-state index in [4.69, 9.17) is 21.2 Å². The average Bonchev–Trinajstić information content (AvgIpc) is 3.80. The second-order valence-corrected chi connectivity index (χ2v) is 13.1. The fraction of sp³-hybridized carbons (Fsp3) is 0. The molecule has 7 aromatic carbocycles. The fourth-order valence-corrected chi connectivity index (χ4v) is 7.83. The fourth-order valence-electron chi connectivity index (χ4n) is 6.66. The van der Waals surface area contributed by atoms with Crippen molar-refractivity contribution in [3.8, 4) is 56.4 Å². The maximum absolute atomic E-state index is 8.62. The van der Waals surface area contributed by atoms with Crippen LogP contribution in [0.2, 0.25) is 0 Å². The first-order valence-corrected chi connectivity index (χ1v) is 17.0. The van der Waals surface area contributed by atoms with E-state index in [1.807, 2.05) is 60.7 Å². The zero-order valence-corrected chi connectivity index (χ0v) is 27.2.